The van der Waals surface area contributed by atoms with E-state index in [1.807, 2.05) is 12.1 Å². The zero-order valence-electron chi connectivity index (χ0n) is 16.2. The summed E-state index contributed by atoms with van der Waals surface area (Å²) in [5.74, 6) is 0. The van der Waals surface area contributed by atoms with E-state index in [0.717, 1.165) is 42.5 Å². The molecule has 152 valence electrons. The van der Waals surface area contributed by atoms with Crippen LogP contribution >= 0.6 is 15.9 Å². The van der Waals surface area contributed by atoms with Crippen molar-refractivity contribution in [2.24, 2.45) is 5.41 Å². The van der Waals surface area contributed by atoms with Gasteiger partial charge in [0, 0.05) is 17.6 Å². The number of alkyl halides is 3. The van der Waals surface area contributed by atoms with Crippen molar-refractivity contribution in [1.29, 1.82) is 0 Å². The minimum atomic E-state index is -4.40. The molecular formula is C22H26BrF3N2. The Balaban J connectivity index is 1.86. The Bertz CT molecular complexity index is 781. The van der Waals surface area contributed by atoms with Crippen LogP contribution in [0.15, 0.2) is 53.0 Å². The zero-order valence-corrected chi connectivity index (χ0v) is 17.8. The second-order valence-electron chi connectivity index (χ2n) is 7.84. The van der Waals surface area contributed by atoms with Crippen LogP contribution in [0.4, 0.5) is 24.5 Å². The SMILES string of the molecule is CCC1(C)CCN(c2ccccc2NC(c2ccc(Br)cc2)C(F)(F)F)CC1. The van der Waals surface area contributed by atoms with Crippen molar-refractivity contribution >= 4 is 27.3 Å². The summed E-state index contributed by atoms with van der Waals surface area (Å²) in [6.45, 7) is 6.22. The van der Waals surface area contributed by atoms with Crippen molar-refractivity contribution in [3.8, 4) is 0 Å². The predicted octanol–water partition coefficient (Wildman–Crippen LogP) is 7.18. The summed E-state index contributed by atoms with van der Waals surface area (Å²) < 4.78 is 42.2. The van der Waals surface area contributed by atoms with Gasteiger partial charge in [-0.3, -0.25) is 0 Å². The zero-order chi connectivity index (χ0) is 20.4. The summed E-state index contributed by atoms with van der Waals surface area (Å²) in [5.41, 5.74) is 1.88. The molecule has 28 heavy (non-hydrogen) atoms. The van der Waals surface area contributed by atoms with Gasteiger partial charge in [-0.1, -0.05) is 60.5 Å². The topological polar surface area (TPSA) is 15.3 Å². The van der Waals surface area contributed by atoms with Crippen LogP contribution in [-0.4, -0.2) is 19.3 Å². The van der Waals surface area contributed by atoms with Crippen molar-refractivity contribution in [3.63, 3.8) is 0 Å². The van der Waals surface area contributed by atoms with E-state index in [2.05, 4.69) is 40.0 Å². The first-order chi connectivity index (χ1) is 13.2. The van der Waals surface area contributed by atoms with Crippen molar-refractivity contribution in [1.82, 2.24) is 0 Å². The normalized spacial score (nSPS) is 18.0. The molecule has 0 aromatic heterocycles. The summed E-state index contributed by atoms with van der Waals surface area (Å²) in [4.78, 5) is 2.20. The number of hydrogen-bond acceptors (Lipinski definition) is 2. The maximum atomic E-state index is 13.8. The van der Waals surface area contributed by atoms with E-state index in [1.54, 1.807) is 24.3 Å². The Morgan fingerprint density at radius 3 is 2.25 bits per heavy atom. The third kappa shape index (κ3) is 4.83. The fraction of sp³-hybridized carbons (Fsp3) is 0.455. The van der Waals surface area contributed by atoms with Crippen LogP contribution in [0.2, 0.25) is 0 Å². The number of nitrogens with zero attached hydrogens (tertiary/aromatic N) is 1. The Morgan fingerprint density at radius 2 is 1.68 bits per heavy atom. The molecule has 1 aliphatic heterocycles. The fourth-order valence-electron chi connectivity index (χ4n) is 3.68. The lowest BCUT2D eigenvalue weighted by Crippen LogP contribution is -2.39. The van der Waals surface area contributed by atoms with Crippen LogP contribution in [0.25, 0.3) is 0 Å². The van der Waals surface area contributed by atoms with Gasteiger partial charge >= 0.3 is 6.18 Å². The molecule has 2 aromatic carbocycles. The molecule has 1 unspecified atom stereocenters. The number of rotatable bonds is 5. The number of nitrogens with one attached hydrogen (secondary N) is 1. The largest absolute Gasteiger partial charge is 0.412 e. The Morgan fingerprint density at radius 1 is 1.07 bits per heavy atom. The molecule has 1 heterocycles. The lowest BCUT2D eigenvalue weighted by atomic mass is 9.78. The standard InChI is InChI=1S/C22H26BrF3N2/c1-3-21(2)12-14-28(15-13-21)19-7-5-4-6-18(19)27-20(22(24,25)26)16-8-10-17(23)11-9-16/h4-11,20,27H,3,12-15H2,1-2H3. The average Bonchev–Trinajstić information content (AvgIpc) is 2.67. The van der Waals surface area contributed by atoms with Gasteiger partial charge in [-0.15, -0.1) is 0 Å². The van der Waals surface area contributed by atoms with E-state index >= 15 is 0 Å². The van der Waals surface area contributed by atoms with Crippen LogP contribution in [0.1, 0.15) is 44.7 Å². The van der Waals surface area contributed by atoms with E-state index < -0.39 is 12.2 Å². The Hall–Kier alpha value is -1.69. The van der Waals surface area contributed by atoms with E-state index in [0.29, 0.717) is 11.1 Å². The van der Waals surface area contributed by atoms with Crippen molar-refractivity contribution in [2.75, 3.05) is 23.3 Å². The van der Waals surface area contributed by atoms with Gasteiger partial charge < -0.3 is 10.2 Å². The van der Waals surface area contributed by atoms with Gasteiger partial charge in [0.2, 0.25) is 0 Å². The first-order valence-corrected chi connectivity index (χ1v) is 10.4. The first kappa shape index (κ1) is 21.0. The molecule has 1 N–H and O–H groups in total. The van der Waals surface area contributed by atoms with Gasteiger partial charge in [-0.25, -0.2) is 0 Å². The summed E-state index contributed by atoms with van der Waals surface area (Å²) in [6.07, 6.45) is -1.18. The molecule has 0 radical (unpaired) electrons. The van der Waals surface area contributed by atoms with Crippen LogP contribution in [0, 0.1) is 5.41 Å². The summed E-state index contributed by atoms with van der Waals surface area (Å²) in [6, 6.07) is 11.8. The maximum absolute atomic E-state index is 13.8. The van der Waals surface area contributed by atoms with Gasteiger partial charge in [0.15, 0.2) is 0 Å². The molecular weight excluding hydrogens is 429 g/mol. The van der Waals surface area contributed by atoms with E-state index in [-0.39, 0.29) is 5.56 Å². The lowest BCUT2D eigenvalue weighted by molar-refractivity contribution is -0.144. The first-order valence-electron chi connectivity index (χ1n) is 9.64. The molecule has 0 aliphatic carbocycles. The molecule has 0 amide bonds. The quantitative estimate of drug-likeness (QED) is 0.514. The number of para-hydroxylation sites is 2. The molecule has 6 heteroatoms. The molecule has 1 saturated heterocycles. The van der Waals surface area contributed by atoms with Crippen LogP contribution in [0.3, 0.4) is 0 Å². The smallest absolute Gasteiger partial charge is 0.370 e. The highest BCUT2D eigenvalue weighted by Crippen LogP contribution is 2.41. The molecule has 1 aliphatic rings. The van der Waals surface area contributed by atoms with Crippen molar-refractivity contribution in [3.05, 3.63) is 58.6 Å². The third-order valence-electron chi connectivity index (χ3n) is 5.90. The lowest BCUT2D eigenvalue weighted by Gasteiger charge is -2.41. The van der Waals surface area contributed by atoms with Gasteiger partial charge in [0.25, 0.3) is 0 Å². The molecule has 1 fully saturated rings. The number of anilines is 2. The summed E-state index contributed by atoms with van der Waals surface area (Å²) >= 11 is 3.28. The van der Waals surface area contributed by atoms with Gasteiger partial charge in [-0.05, 0) is 48.1 Å². The van der Waals surface area contributed by atoms with Crippen LogP contribution < -0.4 is 10.2 Å². The van der Waals surface area contributed by atoms with Crippen molar-refractivity contribution in [2.45, 2.75) is 45.3 Å². The number of halogens is 4. The Kier molecular flexibility index (Phi) is 6.28. The Labute approximate surface area is 173 Å². The van der Waals surface area contributed by atoms with Crippen molar-refractivity contribution < 1.29 is 13.2 Å². The fourth-order valence-corrected chi connectivity index (χ4v) is 3.94. The highest BCUT2D eigenvalue weighted by Gasteiger charge is 2.41. The summed E-state index contributed by atoms with van der Waals surface area (Å²) in [5, 5.41) is 2.77. The molecule has 2 nitrogen and oxygen atoms in total. The molecule has 0 spiro atoms. The van der Waals surface area contributed by atoms with E-state index in [1.165, 1.54) is 12.1 Å². The van der Waals surface area contributed by atoms with Crippen LogP contribution in [0.5, 0.6) is 0 Å². The monoisotopic (exact) mass is 454 g/mol. The minimum Gasteiger partial charge on any atom is -0.370 e. The third-order valence-corrected chi connectivity index (χ3v) is 6.43. The number of piperidine rings is 1. The van der Waals surface area contributed by atoms with Gasteiger partial charge in [0.05, 0.1) is 11.4 Å². The maximum Gasteiger partial charge on any atom is 0.412 e. The van der Waals surface area contributed by atoms with E-state index in [9.17, 15) is 13.2 Å². The molecule has 1 atom stereocenters. The molecule has 3 rings (SSSR count). The van der Waals surface area contributed by atoms with Crippen LogP contribution in [-0.2, 0) is 0 Å². The highest BCUT2D eigenvalue weighted by molar-refractivity contribution is 9.10. The van der Waals surface area contributed by atoms with Gasteiger partial charge in [0.1, 0.15) is 6.04 Å². The average molecular weight is 455 g/mol. The second-order valence-corrected chi connectivity index (χ2v) is 8.75. The second kappa shape index (κ2) is 8.36. The van der Waals surface area contributed by atoms with Gasteiger partial charge in [-0.2, -0.15) is 13.2 Å². The van der Waals surface area contributed by atoms with E-state index in [4.69, 9.17) is 0 Å². The number of hydrogen-bond donors (Lipinski definition) is 1. The summed E-state index contributed by atoms with van der Waals surface area (Å²) in [7, 11) is 0. The molecule has 0 saturated carbocycles. The predicted molar refractivity (Wildman–Crippen MR) is 113 cm³/mol. The molecule has 2 aromatic rings. The highest BCUT2D eigenvalue weighted by atomic mass is 79.9. The number of benzene rings is 2. The minimum absolute atomic E-state index is 0.197. The molecule has 0 bridgehead atoms.